The molecule has 180 valence electrons. The van der Waals surface area contributed by atoms with Crippen molar-refractivity contribution in [1.29, 1.82) is 0 Å². The molecule has 8 heteroatoms. The van der Waals surface area contributed by atoms with E-state index in [0.29, 0.717) is 6.42 Å². The molecule has 0 spiro atoms. The molecule has 1 saturated heterocycles. The van der Waals surface area contributed by atoms with Crippen LogP contribution in [-0.2, 0) is 19.1 Å². The molecule has 3 atom stereocenters. The third-order valence-corrected chi connectivity index (χ3v) is 7.07. The van der Waals surface area contributed by atoms with E-state index in [1.165, 1.54) is 12.0 Å². The second-order valence-electron chi connectivity index (χ2n) is 9.07. The molecule has 1 heterocycles. The number of nitrogens with zero attached hydrogens (tertiary/aromatic N) is 1. The Hall–Kier alpha value is -3.39. The van der Waals surface area contributed by atoms with Crippen molar-refractivity contribution >= 4 is 18.0 Å². The van der Waals surface area contributed by atoms with Crippen molar-refractivity contribution in [2.24, 2.45) is 5.92 Å². The number of hydrogen-bond donors (Lipinski definition) is 2. The van der Waals surface area contributed by atoms with Gasteiger partial charge in [0.25, 0.3) is 0 Å². The molecule has 2 amide bonds. The van der Waals surface area contributed by atoms with Crippen LogP contribution in [0, 0.1) is 5.92 Å². The molecule has 0 radical (unpaired) electrons. The fourth-order valence-electron chi connectivity index (χ4n) is 4.92. The van der Waals surface area contributed by atoms with E-state index in [2.05, 4.69) is 17.4 Å². The topological polar surface area (TPSA) is 105 Å². The molecule has 2 aromatic rings. The van der Waals surface area contributed by atoms with Crippen LogP contribution in [0.1, 0.15) is 37.3 Å². The largest absolute Gasteiger partial charge is 0.481 e. The number of carboxylic acid groups (broad SMARTS) is 1. The van der Waals surface area contributed by atoms with Crippen LogP contribution in [-0.4, -0.2) is 66.4 Å². The van der Waals surface area contributed by atoms with Gasteiger partial charge in [-0.3, -0.25) is 9.59 Å². The van der Waals surface area contributed by atoms with Crippen LogP contribution in [0.15, 0.2) is 48.5 Å². The monoisotopic (exact) mass is 466 g/mol. The van der Waals surface area contributed by atoms with Crippen molar-refractivity contribution in [1.82, 2.24) is 10.2 Å². The highest BCUT2D eigenvalue weighted by Crippen LogP contribution is 2.44. The van der Waals surface area contributed by atoms with Crippen LogP contribution in [0.4, 0.5) is 4.79 Å². The van der Waals surface area contributed by atoms with E-state index in [9.17, 15) is 19.5 Å². The van der Waals surface area contributed by atoms with Gasteiger partial charge in [-0.25, -0.2) is 4.79 Å². The molecule has 34 heavy (non-hydrogen) atoms. The number of alkyl carbamates (subject to hydrolysis) is 1. The van der Waals surface area contributed by atoms with Gasteiger partial charge in [0.1, 0.15) is 18.1 Å². The molecule has 4 rings (SSSR count). The van der Waals surface area contributed by atoms with Crippen molar-refractivity contribution in [2.45, 2.75) is 37.8 Å². The van der Waals surface area contributed by atoms with Gasteiger partial charge >= 0.3 is 12.1 Å². The Kier molecular flexibility index (Phi) is 6.61. The summed E-state index contributed by atoms with van der Waals surface area (Å²) < 4.78 is 10.9. The van der Waals surface area contributed by atoms with Gasteiger partial charge in [0.05, 0.1) is 6.10 Å². The molecule has 0 aromatic heterocycles. The summed E-state index contributed by atoms with van der Waals surface area (Å²) in [6, 6.07) is 16.1. The number of carbonyl (C=O) groups excluding carboxylic acids is 2. The smallest absolute Gasteiger partial charge is 0.408 e. The first kappa shape index (κ1) is 23.8. The minimum atomic E-state index is -1.23. The fourth-order valence-corrected chi connectivity index (χ4v) is 4.92. The molecule has 1 aliphatic heterocycles. The number of ether oxygens (including phenoxy) is 2. The van der Waals surface area contributed by atoms with E-state index in [1.807, 2.05) is 36.4 Å². The maximum absolute atomic E-state index is 13.3. The van der Waals surface area contributed by atoms with Gasteiger partial charge in [-0.15, -0.1) is 0 Å². The Bertz CT molecular complexity index is 1060. The summed E-state index contributed by atoms with van der Waals surface area (Å²) in [5.41, 5.74) is 3.25. The molecule has 3 unspecified atom stereocenters. The molecule has 0 bridgehead atoms. The maximum Gasteiger partial charge on any atom is 0.408 e. The van der Waals surface area contributed by atoms with Gasteiger partial charge < -0.3 is 24.8 Å². The number of rotatable bonds is 7. The zero-order chi connectivity index (χ0) is 24.5. The van der Waals surface area contributed by atoms with Crippen molar-refractivity contribution in [2.75, 3.05) is 26.8 Å². The van der Waals surface area contributed by atoms with Gasteiger partial charge in [-0.1, -0.05) is 55.5 Å². The van der Waals surface area contributed by atoms with Gasteiger partial charge in [0.15, 0.2) is 0 Å². The molecule has 2 aliphatic rings. The highest BCUT2D eigenvalue weighted by atomic mass is 16.5. The van der Waals surface area contributed by atoms with Crippen LogP contribution >= 0.6 is 0 Å². The fraction of sp³-hybridized carbons (Fsp3) is 0.423. The summed E-state index contributed by atoms with van der Waals surface area (Å²) in [4.78, 5) is 39.0. The quantitative estimate of drug-likeness (QED) is 0.649. The molecule has 1 aliphatic carbocycles. The van der Waals surface area contributed by atoms with Crippen LogP contribution in [0.5, 0.6) is 0 Å². The standard InChI is InChI=1S/C26H30N2O6/c1-4-26(2,24(31)28-13-20(23(29)30)22(14-28)33-3)27-25(32)34-15-21-18-11-7-5-9-16(18)17-10-6-8-12-19(17)21/h5-12,20-22H,4,13-15H2,1-3H3,(H,27,32)(H,29,30). The van der Waals surface area contributed by atoms with Gasteiger partial charge in [-0.05, 0) is 35.6 Å². The molecular weight excluding hydrogens is 436 g/mol. The lowest BCUT2D eigenvalue weighted by Crippen LogP contribution is -2.57. The number of benzene rings is 2. The van der Waals surface area contributed by atoms with Crippen molar-refractivity contribution in [3.63, 3.8) is 0 Å². The number of carboxylic acids is 1. The molecule has 8 nitrogen and oxygen atoms in total. The minimum absolute atomic E-state index is 0.0363. The number of fused-ring (bicyclic) bond motifs is 3. The predicted molar refractivity (Wildman–Crippen MR) is 125 cm³/mol. The average Bonchev–Trinajstić information content (AvgIpc) is 3.42. The Morgan fingerprint density at radius 1 is 1.06 bits per heavy atom. The Labute approximate surface area is 198 Å². The minimum Gasteiger partial charge on any atom is -0.481 e. The summed E-state index contributed by atoms with van der Waals surface area (Å²) in [5, 5.41) is 12.2. The molecule has 2 N–H and O–H groups in total. The third kappa shape index (κ3) is 4.25. The first-order chi connectivity index (χ1) is 16.3. The number of nitrogens with one attached hydrogen (secondary N) is 1. The summed E-state index contributed by atoms with van der Waals surface area (Å²) in [7, 11) is 1.43. The van der Waals surface area contributed by atoms with E-state index >= 15 is 0 Å². The van der Waals surface area contributed by atoms with Gasteiger partial charge in [0, 0.05) is 26.1 Å². The zero-order valence-electron chi connectivity index (χ0n) is 19.6. The summed E-state index contributed by atoms with van der Waals surface area (Å²) in [6.45, 7) is 3.76. The van der Waals surface area contributed by atoms with Crippen molar-refractivity contribution in [3.05, 3.63) is 59.7 Å². The Balaban J connectivity index is 1.43. The van der Waals surface area contributed by atoms with E-state index < -0.39 is 29.6 Å². The average molecular weight is 467 g/mol. The summed E-state index contributed by atoms with van der Waals surface area (Å²) >= 11 is 0. The van der Waals surface area contributed by atoms with Crippen LogP contribution < -0.4 is 5.32 Å². The Morgan fingerprint density at radius 2 is 1.65 bits per heavy atom. The lowest BCUT2D eigenvalue weighted by molar-refractivity contribution is -0.144. The number of likely N-dealkylation sites (tertiary alicyclic amines) is 1. The number of carbonyl (C=O) groups is 3. The number of aliphatic carboxylic acids is 1. The second-order valence-corrected chi connectivity index (χ2v) is 9.07. The maximum atomic E-state index is 13.3. The third-order valence-electron chi connectivity index (χ3n) is 7.07. The zero-order valence-corrected chi connectivity index (χ0v) is 19.6. The second kappa shape index (κ2) is 9.46. The molecule has 0 saturated carbocycles. The summed E-state index contributed by atoms with van der Waals surface area (Å²) in [6.07, 6.45) is -0.948. The van der Waals surface area contributed by atoms with E-state index in [-0.39, 0.29) is 31.5 Å². The summed E-state index contributed by atoms with van der Waals surface area (Å²) in [5.74, 6) is -2.25. The normalized spacial score (nSPS) is 20.9. The van der Waals surface area contributed by atoms with Gasteiger partial charge in [0.2, 0.25) is 5.91 Å². The molecular formula is C26H30N2O6. The van der Waals surface area contributed by atoms with E-state index in [0.717, 1.165) is 22.3 Å². The van der Waals surface area contributed by atoms with E-state index in [1.54, 1.807) is 13.8 Å². The highest BCUT2D eigenvalue weighted by molar-refractivity contribution is 5.90. The van der Waals surface area contributed by atoms with Crippen molar-refractivity contribution < 1.29 is 29.0 Å². The first-order valence-electron chi connectivity index (χ1n) is 11.5. The number of amides is 2. The lowest BCUT2D eigenvalue weighted by Gasteiger charge is -2.32. The molecule has 1 fully saturated rings. The number of methoxy groups -OCH3 is 1. The van der Waals surface area contributed by atoms with E-state index in [4.69, 9.17) is 9.47 Å². The molecule has 2 aromatic carbocycles. The predicted octanol–water partition coefficient (Wildman–Crippen LogP) is 3.25. The first-order valence-corrected chi connectivity index (χ1v) is 11.5. The Morgan fingerprint density at radius 3 is 2.15 bits per heavy atom. The van der Waals surface area contributed by atoms with Crippen LogP contribution in [0.2, 0.25) is 0 Å². The number of hydrogen-bond acceptors (Lipinski definition) is 5. The van der Waals surface area contributed by atoms with Crippen LogP contribution in [0.3, 0.4) is 0 Å². The van der Waals surface area contributed by atoms with Crippen molar-refractivity contribution in [3.8, 4) is 11.1 Å². The highest BCUT2D eigenvalue weighted by Gasteiger charge is 2.45. The van der Waals surface area contributed by atoms with Gasteiger partial charge in [-0.2, -0.15) is 0 Å². The SMILES string of the molecule is CCC(C)(NC(=O)OCC1c2ccccc2-c2ccccc21)C(=O)N1CC(OC)C(C(=O)O)C1. The van der Waals surface area contributed by atoms with Crippen LogP contribution in [0.25, 0.3) is 11.1 Å². The lowest BCUT2D eigenvalue weighted by atomic mass is 9.97.